The second kappa shape index (κ2) is 7.75. The molecule has 128 valence electrons. The molecule has 0 aliphatic heterocycles. The Bertz CT molecular complexity index is 726. The Hall–Kier alpha value is -1.94. The number of methoxy groups -OCH3 is 1. The van der Waals surface area contributed by atoms with Crippen LogP contribution < -0.4 is 4.74 Å². The fourth-order valence-corrected chi connectivity index (χ4v) is 3.48. The van der Waals surface area contributed by atoms with Crippen molar-refractivity contribution in [1.29, 1.82) is 0 Å². The first-order chi connectivity index (χ1) is 11.3. The van der Waals surface area contributed by atoms with E-state index in [1.807, 2.05) is 55.5 Å². The molecule has 0 aliphatic rings. The number of rotatable bonds is 5. The van der Waals surface area contributed by atoms with Crippen LogP contribution in [0.2, 0.25) is 0 Å². The minimum atomic E-state index is -1.10. The van der Waals surface area contributed by atoms with Gasteiger partial charge in [0.2, 0.25) is 0 Å². The van der Waals surface area contributed by atoms with Crippen molar-refractivity contribution in [3.63, 3.8) is 0 Å². The summed E-state index contributed by atoms with van der Waals surface area (Å²) in [5.41, 5.74) is 2.78. The predicted octanol–water partition coefficient (Wildman–Crippen LogP) is 4.93. The molecule has 2 aromatic carbocycles. The molecular weight excluding hydrogens is 318 g/mol. The molecule has 0 bridgehead atoms. The van der Waals surface area contributed by atoms with Crippen molar-refractivity contribution in [3.05, 3.63) is 54.1 Å². The van der Waals surface area contributed by atoms with Gasteiger partial charge >= 0.3 is 0 Å². The first-order valence-corrected chi connectivity index (χ1v) is 9.28. The number of nitrogens with zero attached hydrogens (tertiary/aromatic N) is 1. The lowest BCUT2D eigenvalue weighted by molar-refractivity contribution is 0.415. The number of ether oxygens (including phenoxy) is 1. The molecule has 0 radical (unpaired) electrons. The third-order valence-electron chi connectivity index (χ3n) is 3.75. The molecule has 2 rings (SSSR count). The van der Waals surface area contributed by atoms with E-state index < -0.39 is 10.8 Å². The van der Waals surface area contributed by atoms with Gasteiger partial charge in [0.1, 0.15) is 5.75 Å². The van der Waals surface area contributed by atoms with Crippen LogP contribution >= 0.6 is 0 Å². The Morgan fingerprint density at radius 1 is 1.04 bits per heavy atom. The molecule has 0 amide bonds. The third-order valence-corrected chi connectivity index (χ3v) is 5.09. The van der Waals surface area contributed by atoms with E-state index in [2.05, 4.69) is 20.8 Å². The van der Waals surface area contributed by atoms with Crippen LogP contribution in [0.5, 0.6) is 5.75 Å². The van der Waals surface area contributed by atoms with Crippen molar-refractivity contribution in [2.75, 3.05) is 12.9 Å². The van der Waals surface area contributed by atoms with Crippen molar-refractivity contribution in [2.24, 2.45) is 10.4 Å². The summed E-state index contributed by atoms with van der Waals surface area (Å²) in [5, 5.41) is 0. The van der Waals surface area contributed by atoms with Gasteiger partial charge in [-0.15, -0.1) is 0 Å². The summed E-state index contributed by atoms with van der Waals surface area (Å²) in [6.45, 7) is 8.32. The van der Waals surface area contributed by atoms with Gasteiger partial charge in [-0.2, -0.15) is 0 Å². The molecule has 1 atom stereocenters. The topological polar surface area (TPSA) is 38.7 Å². The number of aryl methyl sites for hydroxylation is 1. The van der Waals surface area contributed by atoms with Gasteiger partial charge in [0.05, 0.1) is 29.3 Å². The predicted molar refractivity (Wildman–Crippen MR) is 102 cm³/mol. The molecule has 2 aromatic rings. The minimum Gasteiger partial charge on any atom is -0.497 e. The zero-order valence-electron chi connectivity index (χ0n) is 15.0. The number of hydrogen-bond donors (Lipinski definition) is 0. The summed E-state index contributed by atoms with van der Waals surface area (Å²) in [7, 11) is 0.539. The molecule has 24 heavy (non-hydrogen) atoms. The Morgan fingerprint density at radius 2 is 1.62 bits per heavy atom. The smallest absolute Gasteiger partial charge is 0.119 e. The van der Waals surface area contributed by atoms with Gasteiger partial charge in [-0.3, -0.25) is 9.20 Å². The van der Waals surface area contributed by atoms with E-state index in [9.17, 15) is 4.21 Å². The van der Waals surface area contributed by atoms with Crippen LogP contribution in [0.4, 0.5) is 5.69 Å². The molecule has 0 N–H and O–H groups in total. The summed E-state index contributed by atoms with van der Waals surface area (Å²) >= 11 is 0. The lowest BCUT2D eigenvalue weighted by Gasteiger charge is -2.21. The third kappa shape index (κ3) is 5.03. The van der Waals surface area contributed by atoms with Gasteiger partial charge in [0, 0.05) is 16.0 Å². The standard InChI is InChI=1S/C20H25NO2S/c1-15-6-12-18(13-7-15)24(22)14-19(20(2,3)4)21-16-8-10-17(23-5)11-9-16/h6-13H,14H2,1-5H3. The van der Waals surface area contributed by atoms with E-state index in [1.165, 1.54) is 5.56 Å². The summed E-state index contributed by atoms with van der Waals surface area (Å²) in [5.74, 6) is 1.23. The van der Waals surface area contributed by atoms with Crippen LogP contribution in [0.15, 0.2) is 58.4 Å². The molecule has 0 saturated carbocycles. The highest BCUT2D eigenvalue weighted by Gasteiger charge is 2.22. The molecule has 0 aromatic heterocycles. The van der Waals surface area contributed by atoms with Crippen LogP contribution in [-0.2, 0) is 10.8 Å². The minimum absolute atomic E-state index is 0.152. The molecule has 3 nitrogen and oxygen atoms in total. The maximum Gasteiger partial charge on any atom is 0.119 e. The summed E-state index contributed by atoms with van der Waals surface area (Å²) in [6.07, 6.45) is 0. The van der Waals surface area contributed by atoms with E-state index in [1.54, 1.807) is 7.11 Å². The van der Waals surface area contributed by atoms with Crippen molar-refractivity contribution in [3.8, 4) is 5.75 Å². The van der Waals surface area contributed by atoms with Crippen LogP contribution in [-0.4, -0.2) is 22.8 Å². The maximum absolute atomic E-state index is 12.7. The summed E-state index contributed by atoms with van der Waals surface area (Å²) in [4.78, 5) is 5.60. The van der Waals surface area contributed by atoms with Crippen molar-refractivity contribution >= 4 is 22.2 Å². The maximum atomic E-state index is 12.7. The van der Waals surface area contributed by atoms with Crippen LogP contribution in [0.1, 0.15) is 26.3 Å². The zero-order chi connectivity index (χ0) is 17.7. The van der Waals surface area contributed by atoms with E-state index in [0.717, 1.165) is 22.0 Å². The van der Waals surface area contributed by atoms with Gasteiger partial charge in [-0.05, 0) is 43.3 Å². The van der Waals surface area contributed by atoms with Crippen LogP contribution in [0, 0.1) is 12.3 Å². The fourth-order valence-electron chi connectivity index (χ4n) is 2.13. The Labute approximate surface area is 147 Å². The first kappa shape index (κ1) is 18.4. The lowest BCUT2D eigenvalue weighted by Crippen LogP contribution is -2.26. The molecule has 0 saturated heterocycles. The first-order valence-electron chi connectivity index (χ1n) is 7.97. The van der Waals surface area contributed by atoms with E-state index in [-0.39, 0.29) is 5.41 Å². The molecule has 1 unspecified atom stereocenters. The number of hydrogen-bond acceptors (Lipinski definition) is 3. The molecule has 4 heteroatoms. The summed E-state index contributed by atoms with van der Waals surface area (Å²) < 4.78 is 17.9. The van der Waals surface area contributed by atoms with Crippen molar-refractivity contribution in [2.45, 2.75) is 32.6 Å². The van der Waals surface area contributed by atoms with Crippen molar-refractivity contribution < 1.29 is 8.95 Å². The number of benzene rings is 2. The van der Waals surface area contributed by atoms with Gasteiger partial charge in [-0.1, -0.05) is 38.5 Å². The van der Waals surface area contributed by atoms with Gasteiger partial charge in [0.25, 0.3) is 0 Å². The average molecular weight is 343 g/mol. The number of aliphatic imine (C=N–C) groups is 1. The fraction of sp³-hybridized carbons (Fsp3) is 0.350. The van der Waals surface area contributed by atoms with E-state index in [0.29, 0.717) is 5.75 Å². The highest BCUT2D eigenvalue weighted by atomic mass is 32.2. The molecule has 0 spiro atoms. The quantitative estimate of drug-likeness (QED) is 0.722. The Morgan fingerprint density at radius 3 is 2.12 bits per heavy atom. The van der Waals surface area contributed by atoms with Crippen molar-refractivity contribution in [1.82, 2.24) is 0 Å². The van der Waals surface area contributed by atoms with Gasteiger partial charge in [0.15, 0.2) is 0 Å². The average Bonchev–Trinajstić information content (AvgIpc) is 2.54. The Kier molecular flexibility index (Phi) is 5.94. The highest BCUT2D eigenvalue weighted by Crippen LogP contribution is 2.24. The molecule has 0 fully saturated rings. The normalized spacial score (nSPS) is 13.6. The summed E-state index contributed by atoms with van der Waals surface area (Å²) in [6, 6.07) is 15.4. The SMILES string of the molecule is COc1ccc(N=C(CS(=O)c2ccc(C)cc2)C(C)(C)C)cc1. The second-order valence-corrected chi connectivity index (χ2v) is 8.26. The Balaban J connectivity index is 2.26. The highest BCUT2D eigenvalue weighted by molar-refractivity contribution is 7.85. The molecule has 0 aliphatic carbocycles. The van der Waals surface area contributed by atoms with E-state index in [4.69, 9.17) is 9.73 Å². The lowest BCUT2D eigenvalue weighted by atomic mass is 9.91. The second-order valence-electron chi connectivity index (χ2n) is 6.81. The zero-order valence-corrected chi connectivity index (χ0v) is 15.8. The molecule has 0 heterocycles. The van der Waals surface area contributed by atoms with Crippen LogP contribution in [0.25, 0.3) is 0 Å². The van der Waals surface area contributed by atoms with Crippen LogP contribution in [0.3, 0.4) is 0 Å². The monoisotopic (exact) mass is 343 g/mol. The van der Waals surface area contributed by atoms with Gasteiger partial charge < -0.3 is 4.74 Å². The van der Waals surface area contributed by atoms with E-state index >= 15 is 0 Å². The van der Waals surface area contributed by atoms with Gasteiger partial charge in [-0.25, -0.2) is 0 Å². The molecular formula is C20H25NO2S. The largest absolute Gasteiger partial charge is 0.497 e.